The molecule has 2 rings (SSSR count). The molecule has 2 N–H and O–H groups in total. The summed E-state index contributed by atoms with van der Waals surface area (Å²) in [6.07, 6.45) is 0. The highest BCUT2D eigenvalue weighted by Gasteiger charge is 2.40. The number of halogens is 1. The average molecular weight is 319 g/mol. The van der Waals surface area contributed by atoms with E-state index in [1.165, 1.54) is 10.4 Å². The lowest BCUT2D eigenvalue weighted by Gasteiger charge is -2.40. The van der Waals surface area contributed by atoms with E-state index in [-0.39, 0.29) is 9.92 Å². The van der Waals surface area contributed by atoms with Crippen molar-refractivity contribution in [3.63, 3.8) is 0 Å². The molecule has 0 saturated carbocycles. The standard InChI is InChI=1S/C13H19ClN2O3S/c1-9-6-10(14)12(7-11(9)15)20(17,18)16-4-5-19-8-13(16,2)3/h6-7H,4-5,8,15H2,1-3H3. The number of nitrogen functional groups attached to an aromatic ring is 1. The lowest BCUT2D eigenvalue weighted by molar-refractivity contribution is -0.00770. The van der Waals surface area contributed by atoms with Crippen LogP contribution in [0.5, 0.6) is 0 Å². The molecule has 1 aliphatic heterocycles. The van der Waals surface area contributed by atoms with E-state index in [1.54, 1.807) is 13.0 Å². The summed E-state index contributed by atoms with van der Waals surface area (Å²) in [6.45, 7) is 6.48. The molecule has 0 aromatic heterocycles. The van der Waals surface area contributed by atoms with Crippen LogP contribution in [0.25, 0.3) is 0 Å². The number of anilines is 1. The number of ether oxygens (including phenoxy) is 1. The topological polar surface area (TPSA) is 72.6 Å². The quantitative estimate of drug-likeness (QED) is 0.847. The van der Waals surface area contributed by atoms with Crippen LogP contribution >= 0.6 is 11.6 Å². The van der Waals surface area contributed by atoms with E-state index in [1.807, 2.05) is 13.8 Å². The zero-order chi connectivity index (χ0) is 15.1. The maximum atomic E-state index is 12.8. The molecule has 7 heteroatoms. The van der Waals surface area contributed by atoms with Crippen molar-refractivity contribution in [3.05, 3.63) is 22.7 Å². The highest BCUT2D eigenvalue weighted by molar-refractivity contribution is 7.89. The summed E-state index contributed by atoms with van der Waals surface area (Å²) in [4.78, 5) is 0.0530. The van der Waals surface area contributed by atoms with Gasteiger partial charge in [0.2, 0.25) is 10.0 Å². The molecule has 1 aromatic rings. The lowest BCUT2D eigenvalue weighted by atomic mass is 10.1. The third-order valence-corrected chi connectivity index (χ3v) is 6.03. The van der Waals surface area contributed by atoms with E-state index in [0.717, 1.165) is 5.56 Å². The summed E-state index contributed by atoms with van der Waals surface area (Å²) in [5, 5.41) is 0.194. The molecule has 1 fully saturated rings. The molecule has 20 heavy (non-hydrogen) atoms. The predicted octanol–water partition coefficient (Wildman–Crippen LogP) is 2.03. The highest BCUT2D eigenvalue weighted by atomic mass is 35.5. The molecule has 1 heterocycles. The van der Waals surface area contributed by atoms with Gasteiger partial charge in [0.25, 0.3) is 0 Å². The van der Waals surface area contributed by atoms with Crippen LogP contribution in [0.2, 0.25) is 5.02 Å². The largest absolute Gasteiger partial charge is 0.398 e. The molecule has 0 amide bonds. The summed E-state index contributed by atoms with van der Waals surface area (Å²) >= 11 is 6.11. The third-order valence-electron chi connectivity index (χ3n) is 3.46. The monoisotopic (exact) mass is 318 g/mol. The summed E-state index contributed by atoms with van der Waals surface area (Å²) in [6, 6.07) is 3.01. The molecule has 0 spiro atoms. The Balaban J connectivity index is 2.53. The summed E-state index contributed by atoms with van der Waals surface area (Å²) in [7, 11) is -3.70. The second-order valence-electron chi connectivity index (χ2n) is 5.58. The summed E-state index contributed by atoms with van der Waals surface area (Å²) < 4.78 is 32.4. The van der Waals surface area contributed by atoms with Crippen LogP contribution in [-0.2, 0) is 14.8 Å². The third kappa shape index (κ3) is 2.65. The van der Waals surface area contributed by atoms with E-state index >= 15 is 0 Å². The van der Waals surface area contributed by atoms with E-state index in [0.29, 0.717) is 25.4 Å². The van der Waals surface area contributed by atoms with Gasteiger partial charge in [-0.2, -0.15) is 4.31 Å². The van der Waals surface area contributed by atoms with Gasteiger partial charge in [0.15, 0.2) is 0 Å². The van der Waals surface area contributed by atoms with Gasteiger partial charge in [-0.15, -0.1) is 0 Å². The van der Waals surface area contributed by atoms with Crippen molar-refractivity contribution < 1.29 is 13.2 Å². The number of rotatable bonds is 2. The second-order valence-corrected chi connectivity index (χ2v) is 7.82. The van der Waals surface area contributed by atoms with E-state index in [9.17, 15) is 8.42 Å². The van der Waals surface area contributed by atoms with Crippen LogP contribution in [0.3, 0.4) is 0 Å². The predicted molar refractivity (Wildman–Crippen MR) is 79.4 cm³/mol. The number of morpholine rings is 1. The fourth-order valence-corrected chi connectivity index (χ4v) is 4.62. The first kappa shape index (κ1) is 15.6. The van der Waals surface area contributed by atoms with Crippen molar-refractivity contribution in [2.45, 2.75) is 31.2 Å². The first-order valence-electron chi connectivity index (χ1n) is 6.32. The fraction of sp³-hybridized carbons (Fsp3) is 0.538. The zero-order valence-corrected chi connectivity index (χ0v) is 13.4. The van der Waals surface area contributed by atoms with Crippen LogP contribution in [0.1, 0.15) is 19.4 Å². The molecule has 112 valence electrons. The fourth-order valence-electron chi connectivity index (χ4n) is 2.27. The van der Waals surface area contributed by atoms with Crippen molar-refractivity contribution in [1.82, 2.24) is 4.31 Å². The molecule has 1 aromatic carbocycles. The molecule has 5 nitrogen and oxygen atoms in total. The van der Waals surface area contributed by atoms with Crippen molar-refractivity contribution >= 4 is 27.3 Å². The van der Waals surface area contributed by atoms with Crippen LogP contribution in [-0.4, -0.2) is 38.0 Å². The first-order chi connectivity index (χ1) is 9.16. The molecule has 0 radical (unpaired) electrons. The van der Waals surface area contributed by atoms with Gasteiger partial charge >= 0.3 is 0 Å². The molecule has 1 aliphatic rings. The van der Waals surface area contributed by atoms with Gasteiger partial charge in [-0.25, -0.2) is 8.42 Å². The zero-order valence-electron chi connectivity index (χ0n) is 11.8. The first-order valence-corrected chi connectivity index (χ1v) is 8.14. The maximum Gasteiger partial charge on any atom is 0.245 e. The Bertz CT molecular complexity index is 629. The molecular formula is C13H19ClN2O3S. The van der Waals surface area contributed by atoms with E-state index < -0.39 is 15.6 Å². The Hall–Kier alpha value is -0.820. The average Bonchev–Trinajstić information content (AvgIpc) is 2.32. The van der Waals surface area contributed by atoms with Crippen molar-refractivity contribution in [1.29, 1.82) is 0 Å². The minimum Gasteiger partial charge on any atom is -0.398 e. The second kappa shape index (κ2) is 5.18. The van der Waals surface area contributed by atoms with Gasteiger partial charge in [0.1, 0.15) is 4.90 Å². The van der Waals surface area contributed by atoms with Gasteiger partial charge in [-0.3, -0.25) is 0 Å². The van der Waals surface area contributed by atoms with Gasteiger partial charge < -0.3 is 10.5 Å². The number of sulfonamides is 1. The highest BCUT2D eigenvalue weighted by Crippen LogP contribution is 2.33. The normalized spacial score (nSPS) is 20.0. The molecular weight excluding hydrogens is 300 g/mol. The van der Waals surface area contributed by atoms with E-state index in [4.69, 9.17) is 22.1 Å². The van der Waals surface area contributed by atoms with Gasteiger partial charge in [0.05, 0.1) is 23.8 Å². The van der Waals surface area contributed by atoms with Crippen molar-refractivity contribution in [2.24, 2.45) is 0 Å². The van der Waals surface area contributed by atoms with Crippen LogP contribution in [0.15, 0.2) is 17.0 Å². The Morgan fingerprint density at radius 3 is 2.65 bits per heavy atom. The minimum absolute atomic E-state index is 0.0530. The SMILES string of the molecule is Cc1cc(Cl)c(S(=O)(=O)N2CCOCC2(C)C)cc1N. The van der Waals surface area contributed by atoms with Gasteiger partial charge in [0, 0.05) is 12.2 Å². The number of nitrogens with zero attached hydrogens (tertiary/aromatic N) is 1. The number of hydrogen-bond acceptors (Lipinski definition) is 4. The van der Waals surface area contributed by atoms with Crippen LogP contribution in [0.4, 0.5) is 5.69 Å². The number of benzene rings is 1. The Morgan fingerprint density at radius 1 is 1.40 bits per heavy atom. The van der Waals surface area contributed by atoms with Crippen LogP contribution < -0.4 is 5.73 Å². The lowest BCUT2D eigenvalue weighted by Crippen LogP contribution is -2.55. The number of nitrogens with two attached hydrogens (primary N) is 1. The van der Waals surface area contributed by atoms with Crippen LogP contribution in [0, 0.1) is 6.92 Å². The molecule has 1 saturated heterocycles. The summed E-state index contributed by atoms with van der Waals surface area (Å²) in [5.41, 5.74) is 6.38. The van der Waals surface area contributed by atoms with Crippen molar-refractivity contribution in [2.75, 3.05) is 25.5 Å². The number of aryl methyl sites for hydroxylation is 1. The van der Waals surface area contributed by atoms with Gasteiger partial charge in [-0.1, -0.05) is 11.6 Å². The molecule has 0 aliphatic carbocycles. The minimum atomic E-state index is -3.70. The maximum absolute atomic E-state index is 12.8. The Labute approximate surface area is 124 Å². The summed E-state index contributed by atoms with van der Waals surface area (Å²) in [5.74, 6) is 0. The van der Waals surface area contributed by atoms with Crippen molar-refractivity contribution in [3.8, 4) is 0 Å². The number of hydrogen-bond donors (Lipinski definition) is 1. The van der Waals surface area contributed by atoms with Gasteiger partial charge in [-0.05, 0) is 38.5 Å². The smallest absolute Gasteiger partial charge is 0.245 e. The molecule has 0 atom stereocenters. The molecule has 0 unspecified atom stereocenters. The van der Waals surface area contributed by atoms with E-state index in [2.05, 4.69) is 0 Å². The molecule has 0 bridgehead atoms. The Morgan fingerprint density at radius 2 is 2.05 bits per heavy atom. The Kier molecular flexibility index (Phi) is 4.03.